The van der Waals surface area contributed by atoms with Crippen LogP contribution in [0, 0.1) is 6.92 Å². The summed E-state index contributed by atoms with van der Waals surface area (Å²) in [7, 11) is -4.28. The molecule has 1 saturated heterocycles. The van der Waals surface area contributed by atoms with E-state index in [0.717, 1.165) is 23.8 Å². The molecule has 1 aliphatic heterocycles. The fourth-order valence-electron chi connectivity index (χ4n) is 3.02. The lowest BCUT2D eigenvalue weighted by molar-refractivity contribution is -0.137. The zero-order valence-electron chi connectivity index (χ0n) is 15.2. The van der Waals surface area contributed by atoms with Crippen molar-refractivity contribution < 1.29 is 31.2 Å². The third-order valence-corrected chi connectivity index (χ3v) is 6.34. The number of amides is 2. The number of halogens is 3. The molecule has 154 valence electrons. The Morgan fingerprint density at radius 3 is 2.41 bits per heavy atom. The van der Waals surface area contributed by atoms with E-state index in [0.29, 0.717) is 4.31 Å². The minimum absolute atomic E-state index is 0.0608. The summed E-state index contributed by atoms with van der Waals surface area (Å²) in [4.78, 5) is 24.7. The molecule has 6 nitrogen and oxygen atoms in total. The van der Waals surface area contributed by atoms with E-state index in [9.17, 15) is 31.2 Å². The van der Waals surface area contributed by atoms with Gasteiger partial charge in [-0.1, -0.05) is 23.8 Å². The number of rotatable bonds is 4. The molecule has 3 rings (SSSR count). The number of nitrogens with zero attached hydrogens (tertiary/aromatic N) is 1. The van der Waals surface area contributed by atoms with Crippen LogP contribution in [0.1, 0.15) is 24.0 Å². The van der Waals surface area contributed by atoms with Crippen LogP contribution >= 0.6 is 0 Å². The third-order valence-electron chi connectivity index (χ3n) is 4.50. The second-order valence-electron chi connectivity index (χ2n) is 6.63. The molecule has 0 radical (unpaired) electrons. The molecule has 29 heavy (non-hydrogen) atoms. The van der Waals surface area contributed by atoms with Gasteiger partial charge in [0.15, 0.2) is 0 Å². The maximum atomic E-state index is 12.9. The van der Waals surface area contributed by atoms with E-state index < -0.39 is 39.6 Å². The molecule has 0 spiro atoms. The summed E-state index contributed by atoms with van der Waals surface area (Å²) in [5, 5.41) is 2.28. The summed E-state index contributed by atoms with van der Waals surface area (Å²) in [6, 6.07) is 8.41. The van der Waals surface area contributed by atoms with E-state index in [4.69, 9.17) is 0 Å². The fraction of sp³-hybridized carbons (Fsp3) is 0.263. The Kier molecular flexibility index (Phi) is 5.40. The number of alkyl halides is 3. The number of anilines is 1. The molecule has 1 heterocycles. The predicted molar refractivity (Wildman–Crippen MR) is 98.3 cm³/mol. The van der Waals surface area contributed by atoms with Gasteiger partial charge in [0.05, 0.1) is 10.5 Å². The second-order valence-corrected chi connectivity index (χ2v) is 8.44. The molecule has 1 N–H and O–H groups in total. The van der Waals surface area contributed by atoms with E-state index in [1.165, 1.54) is 18.2 Å². The summed E-state index contributed by atoms with van der Waals surface area (Å²) in [5.41, 5.74) is -0.283. The Bertz CT molecular complexity index is 1050. The van der Waals surface area contributed by atoms with Gasteiger partial charge in [0.2, 0.25) is 11.8 Å². The van der Waals surface area contributed by atoms with Crippen molar-refractivity contribution in [3.8, 4) is 0 Å². The summed E-state index contributed by atoms with van der Waals surface area (Å²) in [6.45, 7) is 1.77. The Morgan fingerprint density at radius 1 is 1.14 bits per heavy atom. The average molecular weight is 426 g/mol. The van der Waals surface area contributed by atoms with Crippen molar-refractivity contribution in [3.05, 3.63) is 59.7 Å². The van der Waals surface area contributed by atoms with Crippen molar-refractivity contribution in [1.82, 2.24) is 4.31 Å². The monoisotopic (exact) mass is 426 g/mol. The van der Waals surface area contributed by atoms with Crippen molar-refractivity contribution in [3.63, 3.8) is 0 Å². The molecular formula is C19H17F3N2O4S. The minimum atomic E-state index is -4.59. The largest absolute Gasteiger partial charge is 0.416 e. The number of hydrogen-bond donors (Lipinski definition) is 1. The smallest absolute Gasteiger partial charge is 0.324 e. The van der Waals surface area contributed by atoms with E-state index in [1.54, 1.807) is 19.1 Å². The first-order valence-electron chi connectivity index (χ1n) is 8.62. The van der Waals surface area contributed by atoms with Gasteiger partial charge in [-0.05, 0) is 43.7 Å². The third kappa shape index (κ3) is 4.26. The van der Waals surface area contributed by atoms with Gasteiger partial charge in [-0.2, -0.15) is 13.2 Å². The van der Waals surface area contributed by atoms with Crippen LogP contribution in [0.15, 0.2) is 53.4 Å². The first-order valence-corrected chi connectivity index (χ1v) is 10.1. The van der Waals surface area contributed by atoms with Crippen molar-refractivity contribution >= 4 is 27.5 Å². The van der Waals surface area contributed by atoms with Gasteiger partial charge in [0, 0.05) is 12.1 Å². The van der Waals surface area contributed by atoms with Crippen LogP contribution in [-0.4, -0.2) is 30.6 Å². The first-order chi connectivity index (χ1) is 13.5. The quantitative estimate of drug-likeness (QED) is 0.813. The van der Waals surface area contributed by atoms with Gasteiger partial charge in [0.1, 0.15) is 6.04 Å². The van der Waals surface area contributed by atoms with Gasteiger partial charge in [0.25, 0.3) is 10.0 Å². The molecule has 1 atom stereocenters. The topological polar surface area (TPSA) is 83.6 Å². The molecule has 0 bridgehead atoms. The van der Waals surface area contributed by atoms with E-state index in [2.05, 4.69) is 5.32 Å². The lowest BCUT2D eigenvalue weighted by Crippen LogP contribution is -2.45. The molecule has 1 aliphatic rings. The molecule has 2 amide bonds. The van der Waals surface area contributed by atoms with Gasteiger partial charge in [-0.15, -0.1) is 0 Å². The summed E-state index contributed by atoms with van der Waals surface area (Å²) in [6.07, 6.45) is -4.81. The van der Waals surface area contributed by atoms with Crippen LogP contribution in [0.2, 0.25) is 0 Å². The number of sulfonamides is 1. The highest BCUT2D eigenvalue weighted by Crippen LogP contribution is 2.32. The Labute approximate surface area is 165 Å². The Morgan fingerprint density at radius 2 is 1.79 bits per heavy atom. The van der Waals surface area contributed by atoms with Gasteiger partial charge < -0.3 is 5.32 Å². The van der Waals surface area contributed by atoms with Crippen LogP contribution in [0.5, 0.6) is 0 Å². The van der Waals surface area contributed by atoms with Crippen molar-refractivity contribution in [1.29, 1.82) is 0 Å². The molecular weight excluding hydrogens is 409 g/mol. The number of hydrogen-bond acceptors (Lipinski definition) is 4. The minimum Gasteiger partial charge on any atom is -0.324 e. The van der Waals surface area contributed by atoms with E-state index in [1.807, 2.05) is 0 Å². The van der Waals surface area contributed by atoms with E-state index >= 15 is 0 Å². The molecule has 0 unspecified atom stereocenters. The highest BCUT2D eigenvalue weighted by Gasteiger charge is 2.44. The number of carbonyl (C=O) groups excluding carboxylic acids is 2. The Hall–Kier alpha value is -2.88. The zero-order chi connectivity index (χ0) is 21.4. The first kappa shape index (κ1) is 20.8. The van der Waals surface area contributed by atoms with Crippen LogP contribution in [0.4, 0.5) is 18.9 Å². The second kappa shape index (κ2) is 7.51. The predicted octanol–water partition coefficient (Wildman–Crippen LogP) is 3.33. The maximum absolute atomic E-state index is 12.9. The molecule has 1 fully saturated rings. The average Bonchev–Trinajstić information content (AvgIpc) is 3.04. The van der Waals surface area contributed by atoms with Crippen molar-refractivity contribution in [2.45, 2.75) is 36.9 Å². The summed E-state index contributed by atoms with van der Waals surface area (Å²) < 4.78 is 64.8. The highest BCUT2D eigenvalue weighted by atomic mass is 32.2. The van der Waals surface area contributed by atoms with Gasteiger partial charge in [-0.3, -0.25) is 9.59 Å². The standard InChI is InChI=1S/C19H17F3N2O4S/c1-12-5-7-15(8-6-12)29(27,28)24-16(9-10-17(24)25)18(26)23-14-4-2-3-13(11-14)19(20,21)22/h2-8,11,16H,9-10H2,1H3,(H,23,26)/t16-/m1/s1. The summed E-state index contributed by atoms with van der Waals surface area (Å²) in [5.74, 6) is -1.61. The summed E-state index contributed by atoms with van der Waals surface area (Å²) >= 11 is 0. The number of carbonyl (C=O) groups is 2. The molecule has 0 saturated carbocycles. The molecule has 2 aromatic rings. The van der Waals surface area contributed by atoms with Crippen LogP contribution in [0.3, 0.4) is 0 Å². The van der Waals surface area contributed by atoms with Crippen LogP contribution in [0.25, 0.3) is 0 Å². The normalized spacial score (nSPS) is 17.4. The molecule has 2 aromatic carbocycles. The fourth-order valence-corrected chi connectivity index (χ4v) is 4.63. The van der Waals surface area contributed by atoms with Gasteiger partial charge >= 0.3 is 6.18 Å². The van der Waals surface area contributed by atoms with Crippen molar-refractivity contribution in [2.75, 3.05) is 5.32 Å². The molecule has 0 aliphatic carbocycles. The number of aryl methyl sites for hydroxylation is 1. The molecule has 0 aromatic heterocycles. The van der Waals surface area contributed by atoms with E-state index in [-0.39, 0.29) is 23.4 Å². The Balaban J connectivity index is 1.87. The highest BCUT2D eigenvalue weighted by molar-refractivity contribution is 7.89. The molecule has 10 heteroatoms. The van der Waals surface area contributed by atoms with Crippen molar-refractivity contribution in [2.24, 2.45) is 0 Å². The lowest BCUT2D eigenvalue weighted by Gasteiger charge is -2.24. The number of benzene rings is 2. The van der Waals surface area contributed by atoms with Crippen LogP contribution < -0.4 is 5.32 Å². The SMILES string of the molecule is Cc1ccc(S(=O)(=O)N2C(=O)CC[C@@H]2C(=O)Nc2cccc(C(F)(F)F)c2)cc1. The number of nitrogens with one attached hydrogen (secondary N) is 1. The lowest BCUT2D eigenvalue weighted by atomic mass is 10.1. The van der Waals surface area contributed by atoms with Gasteiger partial charge in [-0.25, -0.2) is 12.7 Å². The maximum Gasteiger partial charge on any atom is 0.416 e. The zero-order valence-corrected chi connectivity index (χ0v) is 16.0. The van der Waals surface area contributed by atoms with Crippen LogP contribution in [-0.2, 0) is 25.8 Å².